The molecule has 2 unspecified atom stereocenters. The second kappa shape index (κ2) is 6.24. The van der Waals surface area contributed by atoms with E-state index in [9.17, 15) is 8.42 Å². The lowest BCUT2D eigenvalue weighted by atomic mass is 10.0. The Labute approximate surface area is 118 Å². The van der Waals surface area contributed by atoms with Crippen molar-refractivity contribution in [2.24, 2.45) is 11.7 Å². The third-order valence-electron chi connectivity index (χ3n) is 3.02. The molecule has 0 spiro atoms. The van der Waals surface area contributed by atoms with E-state index in [4.69, 9.17) is 28.9 Å². The number of halogens is 2. The van der Waals surface area contributed by atoms with E-state index in [1.807, 2.05) is 13.8 Å². The van der Waals surface area contributed by atoms with Gasteiger partial charge in [0.1, 0.15) is 4.90 Å². The molecule has 0 aliphatic carbocycles. The Morgan fingerprint density at radius 1 is 1.28 bits per heavy atom. The van der Waals surface area contributed by atoms with Crippen LogP contribution in [0.2, 0.25) is 10.0 Å². The fraction of sp³-hybridized carbons (Fsp3) is 0.500. The molecule has 0 saturated heterocycles. The van der Waals surface area contributed by atoms with Gasteiger partial charge in [-0.1, -0.05) is 49.5 Å². The first-order valence-electron chi connectivity index (χ1n) is 5.72. The van der Waals surface area contributed by atoms with Crippen LogP contribution in [0.25, 0.3) is 0 Å². The molecule has 2 N–H and O–H groups in total. The van der Waals surface area contributed by atoms with E-state index in [0.29, 0.717) is 0 Å². The summed E-state index contributed by atoms with van der Waals surface area (Å²) < 4.78 is 24.5. The molecule has 0 fully saturated rings. The Bertz CT molecular complexity index is 497. The maximum absolute atomic E-state index is 12.3. The highest BCUT2D eigenvalue weighted by molar-refractivity contribution is 7.91. The maximum atomic E-state index is 12.3. The number of rotatable bonds is 5. The minimum absolute atomic E-state index is 0.0212. The summed E-state index contributed by atoms with van der Waals surface area (Å²) in [4.78, 5) is -0.0212. The SMILES string of the molecule is CCC(C)C(N)CS(=O)(=O)c1c(Cl)cccc1Cl. The highest BCUT2D eigenvalue weighted by Crippen LogP contribution is 2.30. The Morgan fingerprint density at radius 2 is 1.78 bits per heavy atom. The van der Waals surface area contributed by atoms with Crippen molar-refractivity contribution < 1.29 is 8.42 Å². The molecule has 0 bridgehead atoms. The van der Waals surface area contributed by atoms with Crippen molar-refractivity contribution in [1.82, 2.24) is 0 Å². The van der Waals surface area contributed by atoms with Gasteiger partial charge >= 0.3 is 0 Å². The van der Waals surface area contributed by atoms with Crippen LogP contribution in [0.1, 0.15) is 20.3 Å². The van der Waals surface area contributed by atoms with Gasteiger partial charge in [0.2, 0.25) is 0 Å². The van der Waals surface area contributed by atoms with E-state index in [1.54, 1.807) is 6.07 Å². The van der Waals surface area contributed by atoms with E-state index >= 15 is 0 Å². The van der Waals surface area contributed by atoms with Crippen LogP contribution in [0.4, 0.5) is 0 Å². The second-order valence-corrected chi connectivity index (χ2v) is 7.17. The van der Waals surface area contributed by atoms with Crippen LogP contribution in [-0.2, 0) is 9.84 Å². The average Bonchev–Trinajstić information content (AvgIpc) is 2.26. The van der Waals surface area contributed by atoms with Gasteiger partial charge in [0.25, 0.3) is 0 Å². The molecular weight excluding hydrogens is 293 g/mol. The molecule has 0 amide bonds. The minimum Gasteiger partial charge on any atom is -0.327 e. The summed E-state index contributed by atoms with van der Waals surface area (Å²) in [6, 6.07) is 4.20. The van der Waals surface area contributed by atoms with Crippen molar-refractivity contribution in [2.45, 2.75) is 31.2 Å². The van der Waals surface area contributed by atoms with Crippen molar-refractivity contribution in [3.63, 3.8) is 0 Å². The topological polar surface area (TPSA) is 60.2 Å². The van der Waals surface area contributed by atoms with Crippen LogP contribution in [-0.4, -0.2) is 20.2 Å². The van der Waals surface area contributed by atoms with Crippen molar-refractivity contribution in [1.29, 1.82) is 0 Å². The first-order valence-corrected chi connectivity index (χ1v) is 8.12. The number of nitrogens with two attached hydrogens (primary N) is 1. The summed E-state index contributed by atoms with van der Waals surface area (Å²) in [6.07, 6.45) is 0.826. The van der Waals surface area contributed by atoms with Gasteiger partial charge in [0.15, 0.2) is 9.84 Å². The summed E-state index contributed by atoms with van der Waals surface area (Å²) in [5, 5.41) is 0.276. The molecule has 6 heteroatoms. The highest BCUT2D eigenvalue weighted by Gasteiger charge is 2.26. The largest absolute Gasteiger partial charge is 0.327 e. The van der Waals surface area contributed by atoms with Crippen LogP contribution in [0.3, 0.4) is 0 Å². The van der Waals surface area contributed by atoms with E-state index in [2.05, 4.69) is 0 Å². The molecule has 1 aromatic carbocycles. The minimum atomic E-state index is -3.56. The van der Waals surface area contributed by atoms with Crippen molar-refractivity contribution >= 4 is 33.0 Å². The summed E-state index contributed by atoms with van der Waals surface area (Å²) in [6.45, 7) is 3.90. The molecule has 0 aromatic heterocycles. The zero-order valence-corrected chi connectivity index (χ0v) is 12.7. The quantitative estimate of drug-likeness (QED) is 0.909. The lowest BCUT2D eigenvalue weighted by Crippen LogP contribution is -2.35. The molecule has 2 atom stereocenters. The molecular formula is C12H17Cl2NO2S. The molecule has 0 aliphatic heterocycles. The van der Waals surface area contributed by atoms with Gasteiger partial charge in [-0.05, 0) is 18.1 Å². The van der Waals surface area contributed by atoms with Gasteiger partial charge in [-0.2, -0.15) is 0 Å². The summed E-state index contributed by atoms with van der Waals surface area (Å²) in [5.41, 5.74) is 5.89. The lowest BCUT2D eigenvalue weighted by molar-refractivity contribution is 0.466. The monoisotopic (exact) mass is 309 g/mol. The Balaban J connectivity index is 3.08. The van der Waals surface area contributed by atoms with Gasteiger partial charge in [0, 0.05) is 6.04 Å². The predicted octanol–water partition coefficient (Wildman–Crippen LogP) is 3.14. The zero-order valence-electron chi connectivity index (χ0n) is 10.4. The third-order valence-corrected chi connectivity index (χ3v) is 5.76. The van der Waals surface area contributed by atoms with Crippen LogP contribution in [0.15, 0.2) is 23.1 Å². The second-order valence-electron chi connectivity index (χ2n) is 4.38. The molecule has 1 aromatic rings. The summed E-state index contributed by atoms with van der Waals surface area (Å²) in [7, 11) is -3.56. The standard InChI is InChI=1S/C12H17Cl2NO2S/c1-3-8(2)11(15)7-18(16,17)12-9(13)5-4-6-10(12)14/h4-6,8,11H,3,7,15H2,1-2H3. The van der Waals surface area contributed by atoms with Gasteiger partial charge < -0.3 is 5.73 Å². The van der Waals surface area contributed by atoms with Crippen LogP contribution >= 0.6 is 23.2 Å². The molecule has 0 aliphatic rings. The molecule has 1 rings (SSSR count). The predicted molar refractivity (Wildman–Crippen MR) is 75.9 cm³/mol. The van der Waals surface area contributed by atoms with E-state index in [1.165, 1.54) is 12.1 Å². The average molecular weight is 310 g/mol. The van der Waals surface area contributed by atoms with Crippen molar-refractivity contribution in [2.75, 3.05) is 5.75 Å². The Morgan fingerprint density at radius 3 is 2.22 bits per heavy atom. The summed E-state index contributed by atoms with van der Waals surface area (Å²) in [5.74, 6) is -0.0214. The Kier molecular flexibility index (Phi) is 5.46. The lowest BCUT2D eigenvalue weighted by Gasteiger charge is -2.19. The zero-order chi connectivity index (χ0) is 13.9. The van der Waals surface area contributed by atoms with Crippen LogP contribution in [0, 0.1) is 5.92 Å². The van der Waals surface area contributed by atoms with Gasteiger partial charge in [0.05, 0.1) is 15.8 Å². The van der Waals surface area contributed by atoms with E-state index in [0.717, 1.165) is 6.42 Å². The molecule has 0 radical (unpaired) electrons. The maximum Gasteiger partial charge on any atom is 0.182 e. The summed E-state index contributed by atoms with van der Waals surface area (Å²) >= 11 is 11.8. The molecule has 0 saturated carbocycles. The number of hydrogen-bond acceptors (Lipinski definition) is 3. The first-order chi connectivity index (χ1) is 8.29. The van der Waals surface area contributed by atoms with Crippen molar-refractivity contribution in [3.8, 4) is 0 Å². The smallest absolute Gasteiger partial charge is 0.182 e. The van der Waals surface area contributed by atoms with E-state index < -0.39 is 15.9 Å². The fourth-order valence-electron chi connectivity index (χ4n) is 1.58. The van der Waals surface area contributed by atoms with Crippen LogP contribution in [0.5, 0.6) is 0 Å². The number of benzene rings is 1. The van der Waals surface area contributed by atoms with Crippen molar-refractivity contribution in [3.05, 3.63) is 28.2 Å². The van der Waals surface area contributed by atoms with Gasteiger partial charge in [-0.15, -0.1) is 0 Å². The molecule has 0 heterocycles. The van der Waals surface area contributed by atoms with Gasteiger partial charge in [-0.3, -0.25) is 0 Å². The number of hydrogen-bond donors (Lipinski definition) is 1. The van der Waals surface area contributed by atoms with E-state index in [-0.39, 0.29) is 26.6 Å². The molecule has 102 valence electrons. The molecule has 18 heavy (non-hydrogen) atoms. The third kappa shape index (κ3) is 3.60. The highest BCUT2D eigenvalue weighted by atomic mass is 35.5. The number of sulfone groups is 1. The van der Waals surface area contributed by atoms with Gasteiger partial charge in [-0.25, -0.2) is 8.42 Å². The molecule has 3 nitrogen and oxygen atoms in total. The normalized spacial score (nSPS) is 15.4. The Hall–Kier alpha value is -0.290. The fourth-order valence-corrected chi connectivity index (χ4v) is 4.42. The van der Waals surface area contributed by atoms with Crippen LogP contribution < -0.4 is 5.73 Å². The first kappa shape index (κ1) is 15.8.